The van der Waals surface area contributed by atoms with E-state index in [2.05, 4.69) is 126 Å². The van der Waals surface area contributed by atoms with Gasteiger partial charge in [0.25, 0.3) is 0 Å². The second-order valence-electron chi connectivity index (χ2n) is 13.1. The van der Waals surface area contributed by atoms with Gasteiger partial charge in [-0.15, -0.1) is 0 Å². The molecule has 5 heteroatoms. The quantitative estimate of drug-likeness (QED) is 0.187. The van der Waals surface area contributed by atoms with E-state index in [1.807, 2.05) is 36.4 Å². The van der Waals surface area contributed by atoms with Crippen LogP contribution in [0, 0.1) is 5.92 Å². The average Bonchev–Trinajstić information content (AvgIpc) is 3.74. The van der Waals surface area contributed by atoms with Gasteiger partial charge in [0, 0.05) is 44.8 Å². The lowest BCUT2D eigenvalue weighted by Crippen LogP contribution is -2.32. The van der Waals surface area contributed by atoms with E-state index in [4.69, 9.17) is 19.4 Å². The number of benzene rings is 5. The summed E-state index contributed by atoms with van der Waals surface area (Å²) in [5, 5.41) is 2.24. The molecule has 1 aliphatic heterocycles. The zero-order valence-electron chi connectivity index (χ0n) is 27.3. The summed E-state index contributed by atoms with van der Waals surface area (Å²) in [5.41, 5.74) is 11.0. The van der Waals surface area contributed by atoms with E-state index in [9.17, 15) is 0 Å². The molecular formula is C45H32N4O. The number of nitrogens with zero attached hydrogens (tertiary/aromatic N) is 4. The topological polar surface area (TPSA) is 55.1 Å². The summed E-state index contributed by atoms with van der Waals surface area (Å²) in [6, 6.07) is 44.1. The maximum atomic E-state index is 6.35. The number of allylic oxidation sites excluding steroid dienone is 5. The first-order valence-electron chi connectivity index (χ1n) is 17.3. The fraction of sp³-hybridized carbons (Fsp3) is 0.0889. The van der Waals surface area contributed by atoms with Crippen molar-refractivity contribution in [1.82, 2.24) is 15.0 Å². The van der Waals surface area contributed by atoms with Crippen LogP contribution in [0.4, 0.5) is 5.69 Å². The Labute approximate surface area is 290 Å². The first kappa shape index (κ1) is 28.7. The number of hydrogen-bond acceptors (Lipinski definition) is 5. The van der Waals surface area contributed by atoms with Gasteiger partial charge in [0.15, 0.2) is 17.5 Å². The fourth-order valence-corrected chi connectivity index (χ4v) is 7.81. The summed E-state index contributed by atoms with van der Waals surface area (Å²) < 4.78 is 6.35. The van der Waals surface area contributed by atoms with E-state index in [1.165, 1.54) is 22.4 Å². The Morgan fingerprint density at radius 3 is 1.84 bits per heavy atom. The Morgan fingerprint density at radius 1 is 0.540 bits per heavy atom. The molecule has 5 nitrogen and oxygen atoms in total. The predicted octanol–water partition coefficient (Wildman–Crippen LogP) is 10.8. The Hall–Kier alpha value is -6.33. The van der Waals surface area contributed by atoms with Crippen molar-refractivity contribution in [3.63, 3.8) is 0 Å². The summed E-state index contributed by atoms with van der Waals surface area (Å²) in [6.45, 7) is 0. The van der Waals surface area contributed by atoms with Crippen LogP contribution >= 0.6 is 0 Å². The second kappa shape index (κ2) is 11.7. The average molecular weight is 645 g/mol. The molecule has 0 spiro atoms. The lowest BCUT2D eigenvalue weighted by Gasteiger charge is -2.30. The molecule has 0 amide bonds. The summed E-state index contributed by atoms with van der Waals surface area (Å²) in [7, 11) is 0. The smallest absolute Gasteiger partial charge is 0.164 e. The molecule has 0 bridgehead atoms. The number of fused-ring (bicyclic) bond motifs is 6. The van der Waals surface area contributed by atoms with Gasteiger partial charge in [-0.25, -0.2) is 15.0 Å². The minimum Gasteiger partial charge on any atom is -0.456 e. The highest BCUT2D eigenvalue weighted by Crippen LogP contribution is 2.51. The third-order valence-electron chi connectivity index (χ3n) is 10.1. The van der Waals surface area contributed by atoms with Crippen LogP contribution in [0.5, 0.6) is 0 Å². The number of anilines is 1. The van der Waals surface area contributed by atoms with Crippen molar-refractivity contribution in [3.05, 3.63) is 175 Å². The van der Waals surface area contributed by atoms with E-state index in [1.54, 1.807) is 0 Å². The molecule has 0 radical (unpaired) electrons. The zero-order chi connectivity index (χ0) is 33.0. The molecule has 50 heavy (non-hydrogen) atoms. The zero-order valence-corrected chi connectivity index (χ0v) is 27.3. The number of furan rings is 1. The highest BCUT2D eigenvalue weighted by Gasteiger charge is 2.45. The third kappa shape index (κ3) is 4.73. The molecule has 2 atom stereocenters. The van der Waals surface area contributed by atoms with E-state index >= 15 is 0 Å². The lowest BCUT2D eigenvalue weighted by atomic mass is 9.82. The second-order valence-corrected chi connectivity index (χ2v) is 13.1. The molecule has 5 aromatic carbocycles. The Kier molecular flexibility index (Phi) is 6.69. The van der Waals surface area contributed by atoms with E-state index in [-0.39, 0.29) is 12.0 Å². The standard InChI is InChI=1S/C45H32N4O/c1-4-13-29(14-5-1)32-23-25-40-36(27-32)37-28-33(24-26-41(37)50-40)49-38-21-11-10-19-34(38)42-35(20-12-22-39(42)49)45-47-43(30-15-6-2-7-16-30)46-44(48-45)31-17-8-3-9-18-31/h1-9,12-28,39,42H,10-11H2. The molecule has 0 N–H and O–H groups in total. The van der Waals surface area contributed by atoms with Crippen molar-refractivity contribution in [2.45, 2.75) is 18.9 Å². The predicted molar refractivity (Wildman–Crippen MR) is 202 cm³/mol. The van der Waals surface area contributed by atoms with Gasteiger partial charge in [0.2, 0.25) is 0 Å². The largest absolute Gasteiger partial charge is 0.456 e. The van der Waals surface area contributed by atoms with Crippen LogP contribution in [0.25, 0.3) is 61.4 Å². The fourth-order valence-electron chi connectivity index (χ4n) is 7.81. The van der Waals surface area contributed by atoms with Crippen molar-refractivity contribution in [2.24, 2.45) is 5.92 Å². The summed E-state index contributed by atoms with van der Waals surface area (Å²) in [5.74, 6) is 2.14. The van der Waals surface area contributed by atoms with E-state index in [0.29, 0.717) is 11.6 Å². The van der Waals surface area contributed by atoms with Crippen molar-refractivity contribution >= 4 is 33.2 Å². The molecule has 3 aliphatic rings. The van der Waals surface area contributed by atoms with Crippen molar-refractivity contribution < 1.29 is 4.42 Å². The minimum atomic E-state index is 0.0678. The Morgan fingerprint density at radius 2 is 1.14 bits per heavy atom. The van der Waals surface area contributed by atoms with E-state index in [0.717, 1.165) is 63.0 Å². The van der Waals surface area contributed by atoms with Gasteiger partial charge in [0.05, 0.1) is 6.04 Å². The van der Waals surface area contributed by atoms with Crippen molar-refractivity contribution in [2.75, 3.05) is 4.90 Å². The molecule has 3 heterocycles. The van der Waals surface area contributed by atoms with Gasteiger partial charge in [0.1, 0.15) is 11.2 Å². The normalized spacial score (nSPS) is 18.1. The van der Waals surface area contributed by atoms with Gasteiger partial charge in [-0.05, 0) is 59.9 Å². The maximum Gasteiger partial charge on any atom is 0.164 e. The summed E-state index contributed by atoms with van der Waals surface area (Å²) in [6.07, 6.45) is 13.6. The van der Waals surface area contributed by atoms with Gasteiger partial charge in [-0.2, -0.15) is 0 Å². The lowest BCUT2D eigenvalue weighted by molar-refractivity contribution is 0.668. The molecule has 7 aromatic rings. The van der Waals surface area contributed by atoms with Gasteiger partial charge < -0.3 is 9.32 Å². The first-order chi connectivity index (χ1) is 24.8. The molecule has 2 aromatic heterocycles. The molecule has 0 saturated carbocycles. The number of aromatic nitrogens is 3. The molecule has 2 aliphatic carbocycles. The van der Waals surface area contributed by atoms with Crippen LogP contribution in [0.15, 0.2) is 173 Å². The minimum absolute atomic E-state index is 0.0678. The van der Waals surface area contributed by atoms with Crippen LogP contribution in [0.3, 0.4) is 0 Å². The highest BCUT2D eigenvalue weighted by atomic mass is 16.3. The Bertz CT molecular complexity index is 2490. The summed E-state index contributed by atoms with van der Waals surface area (Å²) >= 11 is 0. The molecular weight excluding hydrogens is 613 g/mol. The molecule has 10 rings (SSSR count). The van der Waals surface area contributed by atoms with Crippen LogP contribution in [0.1, 0.15) is 18.7 Å². The number of rotatable bonds is 5. The van der Waals surface area contributed by atoms with Crippen LogP contribution in [0.2, 0.25) is 0 Å². The van der Waals surface area contributed by atoms with E-state index < -0.39 is 0 Å². The van der Waals surface area contributed by atoms with Gasteiger partial charge in [-0.3, -0.25) is 0 Å². The van der Waals surface area contributed by atoms with Gasteiger partial charge >= 0.3 is 0 Å². The third-order valence-corrected chi connectivity index (χ3v) is 10.1. The first-order valence-corrected chi connectivity index (χ1v) is 17.3. The van der Waals surface area contributed by atoms with Crippen LogP contribution < -0.4 is 4.90 Å². The van der Waals surface area contributed by atoms with Crippen molar-refractivity contribution in [3.8, 4) is 33.9 Å². The molecule has 238 valence electrons. The molecule has 1 saturated heterocycles. The Balaban J connectivity index is 1.09. The SMILES string of the molecule is C1=CC2C(C3=CCCC=C3N2c2ccc3oc4ccc(-c5ccccc5)cc4c3c2)C(c2nc(-c3ccccc3)nc(-c3ccccc3)n2)=C1. The van der Waals surface area contributed by atoms with Gasteiger partial charge in [-0.1, -0.05) is 127 Å². The van der Waals surface area contributed by atoms with Crippen LogP contribution in [-0.4, -0.2) is 21.0 Å². The molecule has 1 fully saturated rings. The number of hydrogen-bond donors (Lipinski definition) is 0. The van der Waals surface area contributed by atoms with Crippen LogP contribution in [-0.2, 0) is 0 Å². The maximum absolute atomic E-state index is 6.35. The monoisotopic (exact) mass is 644 g/mol. The highest BCUT2D eigenvalue weighted by molar-refractivity contribution is 6.07. The summed E-state index contributed by atoms with van der Waals surface area (Å²) in [4.78, 5) is 17.8. The molecule has 2 unspecified atom stereocenters. The van der Waals surface area contributed by atoms with Crippen molar-refractivity contribution in [1.29, 1.82) is 0 Å².